The van der Waals surface area contributed by atoms with E-state index < -0.39 is 34.7 Å². The molecule has 0 saturated carbocycles. The van der Waals surface area contributed by atoms with E-state index in [2.05, 4.69) is 63.6 Å². The molecule has 3 aromatic carbocycles. The van der Waals surface area contributed by atoms with Gasteiger partial charge in [-0.3, -0.25) is 19.9 Å². The van der Waals surface area contributed by atoms with Crippen molar-refractivity contribution in [2.45, 2.75) is 25.7 Å². The fourth-order valence-electron chi connectivity index (χ4n) is 6.28. The molecule has 1 saturated heterocycles. The van der Waals surface area contributed by atoms with E-state index in [9.17, 15) is 19.7 Å². The molecule has 2 aliphatic rings. The molecule has 1 atom stereocenters. The van der Waals surface area contributed by atoms with Crippen LogP contribution >= 0.6 is 0 Å². The summed E-state index contributed by atoms with van der Waals surface area (Å²) < 4.78 is 11.0. The summed E-state index contributed by atoms with van der Waals surface area (Å²) >= 11 is 0. The van der Waals surface area contributed by atoms with Crippen molar-refractivity contribution < 1.29 is 43.8 Å². The molecule has 53 heavy (non-hydrogen) atoms. The van der Waals surface area contributed by atoms with Gasteiger partial charge in [0.2, 0.25) is 0 Å². The molecule has 3 aromatic rings. The third kappa shape index (κ3) is 10.7. The van der Waals surface area contributed by atoms with Crippen molar-refractivity contribution in [3.63, 3.8) is 0 Å². The number of hydrogen-bond acceptors (Lipinski definition) is 12. The van der Waals surface area contributed by atoms with E-state index in [0.29, 0.717) is 17.8 Å². The van der Waals surface area contributed by atoms with Gasteiger partial charge in [0, 0.05) is 63.0 Å². The van der Waals surface area contributed by atoms with Crippen LogP contribution in [-0.4, -0.2) is 101 Å². The number of carbonyl (C=O) groups excluding carboxylic acids is 2. The molecule has 2 heterocycles. The molecular weight excluding hydrogens is 686 g/mol. The molecule has 0 spiro atoms. The first-order valence-corrected chi connectivity index (χ1v) is 17.0. The summed E-state index contributed by atoms with van der Waals surface area (Å²) in [4.78, 5) is 60.6. The van der Waals surface area contributed by atoms with Crippen LogP contribution < -0.4 is 11.1 Å². The minimum atomic E-state index is -1.82. The fraction of sp³-hybridized carbons (Fsp3) is 0.316. The van der Waals surface area contributed by atoms with Crippen LogP contribution in [0.25, 0.3) is 0 Å². The smallest absolute Gasteiger partial charge is 0.414 e. The molecule has 280 valence electrons. The van der Waals surface area contributed by atoms with Gasteiger partial charge in [0.1, 0.15) is 12.4 Å². The maximum atomic E-state index is 13.6. The number of non-ortho nitro benzene ring substituents is 1. The first kappa shape index (κ1) is 39.7. The molecule has 5 rings (SSSR count). The normalized spacial score (nSPS) is 16.2. The number of aliphatic carboxylic acids is 2. The molecule has 1 unspecified atom stereocenters. The number of hydrogen-bond donors (Lipinski definition) is 4. The van der Waals surface area contributed by atoms with Crippen LogP contribution in [0.5, 0.6) is 0 Å². The number of nitrogens with zero attached hydrogens (tertiary/aromatic N) is 3. The summed E-state index contributed by atoms with van der Waals surface area (Å²) in [6.07, 6.45) is 0. The van der Waals surface area contributed by atoms with Crippen molar-refractivity contribution in [3.05, 3.63) is 134 Å². The Morgan fingerprint density at radius 2 is 1.40 bits per heavy atom. The van der Waals surface area contributed by atoms with Gasteiger partial charge in [0.05, 0.1) is 28.6 Å². The second kappa shape index (κ2) is 19.0. The van der Waals surface area contributed by atoms with Crippen LogP contribution in [0.3, 0.4) is 0 Å². The second-order valence-corrected chi connectivity index (χ2v) is 12.3. The summed E-state index contributed by atoms with van der Waals surface area (Å²) in [5, 5.41) is 29.2. The quantitative estimate of drug-likeness (QED) is 0.0910. The number of dihydropyridines is 1. The zero-order valence-corrected chi connectivity index (χ0v) is 29.5. The van der Waals surface area contributed by atoms with Crippen molar-refractivity contribution in [1.82, 2.24) is 15.1 Å². The fourth-order valence-corrected chi connectivity index (χ4v) is 6.28. The SMILES string of the molecule is CCOC(=O)C1=C(N)NC(C)=C(C(=O)OCCN2CCN(CC(c3ccccc3)c3ccccc3)CC2)C1c1cccc([N+](=O)[O-])c1.O=C(O)C(=O)O. The highest BCUT2D eigenvalue weighted by molar-refractivity contribution is 6.27. The molecule has 0 aromatic heterocycles. The summed E-state index contributed by atoms with van der Waals surface area (Å²) in [6, 6.07) is 27.0. The number of rotatable bonds is 12. The number of esters is 2. The van der Waals surface area contributed by atoms with E-state index in [1.807, 2.05) is 12.1 Å². The first-order chi connectivity index (χ1) is 25.4. The maximum absolute atomic E-state index is 13.6. The Hall–Kier alpha value is -6.06. The van der Waals surface area contributed by atoms with Crippen molar-refractivity contribution in [3.8, 4) is 0 Å². The van der Waals surface area contributed by atoms with E-state index in [1.165, 1.54) is 29.3 Å². The van der Waals surface area contributed by atoms with Gasteiger partial charge in [-0.25, -0.2) is 19.2 Å². The van der Waals surface area contributed by atoms with Gasteiger partial charge >= 0.3 is 23.9 Å². The lowest BCUT2D eigenvalue weighted by molar-refractivity contribution is -0.384. The minimum absolute atomic E-state index is 0.00493. The minimum Gasteiger partial charge on any atom is -0.473 e. The zero-order chi connectivity index (χ0) is 38.5. The molecule has 0 aliphatic carbocycles. The average Bonchev–Trinajstić information content (AvgIpc) is 3.15. The Morgan fingerprint density at radius 3 is 1.92 bits per heavy atom. The van der Waals surface area contributed by atoms with Crippen molar-refractivity contribution in [1.29, 1.82) is 0 Å². The molecule has 1 fully saturated rings. The van der Waals surface area contributed by atoms with Gasteiger partial charge in [-0.15, -0.1) is 0 Å². The van der Waals surface area contributed by atoms with Crippen LogP contribution in [0.4, 0.5) is 5.69 Å². The number of nitro groups is 1. The molecule has 0 radical (unpaired) electrons. The van der Waals surface area contributed by atoms with Gasteiger partial charge in [-0.2, -0.15) is 0 Å². The van der Waals surface area contributed by atoms with Crippen LogP contribution in [0.1, 0.15) is 42.4 Å². The number of nitrogens with two attached hydrogens (primary N) is 1. The first-order valence-electron chi connectivity index (χ1n) is 17.0. The lowest BCUT2D eigenvalue weighted by Gasteiger charge is -2.36. The summed E-state index contributed by atoms with van der Waals surface area (Å²) in [7, 11) is 0. The highest BCUT2D eigenvalue weighted by Crippen LogP contribution is 2.39. The molecular formula is C38H43N5O10. The van der Waals surface area contributed by atoms with Gasteiger partial charge in [0.25, 0.3) is 5.69 Å². The molecule has 2 aliphatic heterocycles. The van der Waals surface area contributed by atoms with Crippen LogP contribution in [0.15, 0.2) is 108 Å². The topological polar surface area (TPSA) is 215 Å². The third-order valence-electron chi connectivity index (χ3n) is 8.86. The maximum Gasteiger partial charge on any atom is 0.414 e. The van der Waals surface area contributed by atoms with Crippen LogP contribution in [-0.2, 0) is 28.7 Å². The Labute approximate surface area is 306 Å². The van der Waals surface area contributed by atoms with Gasteiger partial charge in [-0.05, 0) is 30.5 Å². The molecule has 0 bridgehead atoms. The third-order valence-corrected chi connectivity index (χ3v) is 8.86. The number of ether oxygens (including phenoxy) is 2. The number of carboxylic acid groups (broad SMARTS) is 2. The number of allylic oxidation sites excluding steroid dienone is 1. The number of carboxylic acids is 2. The van der Waals surface area contributed by atoms with Crippen LogP contribution in [0.2, 0.25) is 0 Å². The van der Waals surface area contributed by atoms with E-state index in [4.69, 9.17) is 35.0 Å². The summed E-state index contributed by atoms with van der Waals surface area (Å²) in [6.45, 7) is 8.45. The lowest BCUT2D eigenvalue weighted by Crippen LogP contribution is -2.48. The van der Waals surface area contributed by atoms with Crippen molar-refractivity contribution in [2.75, 3.05) is 52.5 Å². The van der Waals surface area contributed by atoms with Crippen molar-refractivity contribution >= 4 is 29.6 Å². The monoisotopic (exact) mass is 729 g/mol. The summed E-state index contributed by atoms with van der Waals surface area (Å²) in [5.74, 6) is -5.71. The van der Waals surface area contributed by atoms with E-state index in [-0.39, 0.29) is 41.8 Å². The molecule has 15 heteroatoms. The Kier molecular flexibility index (Phi) is 14.2. The van der Waals surface area contributed by atoms with Gasteiger partial charge in [-0.1, -0.05) is 72.8 Å². The van der Waals surface area contributed by atoms with Gasteiger partial charge in [0.15, 0.2) is 0 Å². The standard InChI is InChI=1S/C36H41N5O6.C2H2O4/c1-3-46-36(43)33-32(28-15-10-16-29(23-28)41(44)45)31(25(2)38-34(33)37)35(42)47-22-21-39-17-19-40(20-18-39)24-30(26-11-6-4-7-12-26)27-13-8-5-9-14-27;3-1(4)2(5)6/h4-16,23,30,32,38H,3,17-22,24,37H2,1-2H3;(H,3,4)(H,5,6). The van der Waals surface area contributed by atoms with E-state index >= 15 is 0 Å². The predicted molar refractivity (Wildman–Crippen MR) is 193 cm³/mol. The summed E-state index contributed by atoms with van der Waals surface area (Å²) in [5.41, 5.74) is 9.56. The van der Waals surface area contributed by atoms with Gasteiger partial charge < -0.3 is 30.7 Å². The number of carbonyl (C=O) groups is 4. The largest absolute Gasteiger partial charge is 0.473 e. The second-order valence-electron chi connectivity index (χ2n) is 12.3. The van der Waals surface area contributed by atoms with Crippen molar-refractivity contribution in [2.24, 2.45) is 5.73 Å². The highest BCUT2D eigenvalue weighted by Gasteiger charge is 2.39. The zero-order valence-electron chi connectivity index (χ0n) is 29.5. The Morgan fingerprint density at radius 1 is 0.849 bits per heavy atom. The molecule has 5 N–H and O–H groups in total. The lowest BCUT2D eigenvalue weighted by atomic mass is 9.81. The average molecular weight is 730 g/mol. The Bertz CT molecular complexity index is 1790. The highest BCUT2D eigenvalue weighted by atomic mass is 16.6. The van der Waals surface area contributed by atoms with Crippen LogP contribution in [0, 0.1) is 10.1 Å². The molecule has 0 amide bonds. The van der Waals surface area contributed by atoms with E-state index in [0.717, 1.165) is 32.7 Å². The number of nitrogens with one attached hydrogen (secondary N) is 1. The number of benzene rings is 3. The Balaban J connectivity index is 0.000000964. The molecule has 15 nitrogen and oxygen atoms in total. The predicted octanol–water partition coefficient (Wildman–Crippen LogP) is 3.44. The number of piperazine rings is 1. The number of nitro benzene ring substituents is 1. The van der Waals surface area contributed by atoms with E-state index in [1.54, 1.807) is 19.9 Å².